The van der Waals surface area contributed by atoms with Gasteiger partial charge in [0.15, 0.2) is 0 Å². The Balaban J connectivity index is 1.42. The fraction of sp³-hybridized carbons (Fsp3) is 0.375. The predicted molar refractivity (Wildman–Crippen MR) is 128 cm³/mol. The molecule has 0 radical (unpaired) electrons. The van der Waals surface area contributed by atoms with Crippen LogP contribution in [0.3, 0.4) is 0 Å². The summed E-state index contributed by atoms with van der Waals surface area (Å²) >= 11 is 1.40. The highest BCUT2D eigenvalue weighted by Crippen LogP contribution is 2.27. The summed E-state index contributed by atoms with van der Waals surface area (Å²) in [6.07, 6.45) is 0.652. The first kappa shape index (κ1) is 22.8. The van der Waals surface area contributed by atoms with Crippen LogP contribution < -0.4 is 19.1 Å². The van der Waals surface area contributed by atoms with Gasteiger partial charge in [-0.05, 0) is 36.8 Å². The largest absolute Gasteiger partial charge is 0.497 e. The number of carbonyl (C=O) groups is 1. The maximum atomic E-state index is 13.2. The summed E-state index contributed by atoms with van der Waals surface area (Å²) in [5.41, 5.74) is 1.67. The number of rotatable bonds is 7. The van der Waals surface area contributed by atoms with Gasteiger partial charge in [0.1, 0.15) is 23.1 Å². The minimum absolute atomic E-state index is 0.0224. The van der Waals surface area contributed by atoms with Gasteiger partial charge in [-0.3, -0.25) is 4.79 Å². The molecule has 1 aromatic heterocycles. The second-order valence-electron chi connectivity index (χ2n) is 7.92. The van der Waals surface area contributed by atoms with Crippen LogP contribution in [0.2, 0.25) is 0 Å². The monoisotopic (exact) mass is 468 g/mol. The molecule has 33 heavy (non-hydrogen) atoms. The van der Waals surface area contributed by atoms with Crippen molar-refractivity contribution in [3.63, 3.8) is 0 Å². The highest BCUT2D eigenvalue weighted by molar-refractivity contribution is 7.09. The highest BCUT2D eigenvalue weighted by Gasteiger charge is 2.30. The minimum atomic E-state index is -0.0321. The molecular formula is C24H28N4O4S. The summed E-state index contributed by atoms with van der Waals surface area (Å²) in [5.74, 6) is 2.78. The molecule has 9 heteroatoms. The van der Waals surface area contributed by atoms with E-state index in [1.807, 2.05) is 29.2 Å². The Morgan fingerprint density at radius 2 is 1.76 bits per heavy atom. The lowest BCUT2D eigenvalue weighted by Gasteiger charge is -2.39. The normalized spacial score (nSPS) is 15.9. The Morgan fingerprint density at radius 1 is 1.03 bits per heavy atom. The average Bonchev–Trinajstić information content (AvgIpc) is 3.31. The van der Waals surface area contributed by atoms with Crippen molar-refractivity contribution in [3.8, 4) is 17.2 Å². The molecule has 1 aliphatic rings. The predicted octanol–water partition coefficient (Wildman–Crippen LogP) is 3.51. The van der Waals surface area contributed by atoms with E-state index in [4.69, 9.17) is 19.2 Å². The van der Waals surface area contributed by atoms with Gasteiger partial charge in [-0.15, -0.1) is 0 Å². The van der Waals surface area contributed by atoms with Gasteiger partial charge in [0.05, 0.1) is 21.3 Å². The van der Waals surface area contributed by atoms with E-state index < -0.39 is 0 Å². The number of methoxy groups -OCH3 is 3. The molecule has 0 N–H and O–H groups in total. The van der Waals surface area contributed by atoms with Crippen molar-refractivity contribution in [2.24, 2.45) is 0 Å². The lowest BCUT2D eigenvalue weighted by Crippen LogP contribution is -2.54. The first-order valence-electron chi connectivity index (χ1n) is 10.7. The van der Waals surface area contributed by atoms with Crippen LogP contribution in [0.5, 0.6) is 17.2 Å². The van der Waals surface area contributed by atoms with Gasteiger partial charge >= 0.3 is 0 Å². The number of hydrogen-bond acceptors (Lipinski definition) is 8. The van der Waals surface area contributed by atoms with Gasteiger partial charge in [0.25, 0.3) is 5.91 Å². The van der Waals surface area contributed by atoms with Crippen molar-refractivity contribution in [2.75, 3.05) is 45.9 Å². The van der Waals surface area contributed by atoms with Crippen LogP contribution in [0.25, 0.3) is 0 Å². The van der Waals surface area contributed by atoms with E-state index in [0.29, 0.717) is 43.1 Å². The Bertz CT molecular complexity index is 1100. The molecule has 1 amide bonds. The Morgan fingerprint density at radius 3 is 2.42 bits per heavy atom. The van der Waals surface area contributed by atoms with Gasteiger partial charge in [0, 0.05) is 55.3 Å². The van der Waals surface area contributed by atoms with E-state index >= 15 is 0 Å². The third kappa shape index (κ3) is 5.19. The number of ether oxygens (including phenoxy) is 3. The molecule has 0 aliphatic carbocycles. The van der Waals surface area contributed by atoms with Crippen LogP contribution >= 0.6 is 11.5 Å². The Hall–Kier alpha value is -3.33. The fourth-order valence-corrected chi connectivity index (χ4v) is 4.66. The molecule has 0 bridgehead atoms. The summed E-state index contributed by atoms with van der Waals surface area (Å²) in [6.45, 7) is 4.05. The van der Waals surface area contributed by atoms with E-state index in [-0.39, 0.29) is 11.9 Å². The number of carbonyl (C=O) groups excluding carboxylic acids is 1. The molecule has 0 saturated carbocycles. The quantitative estimate of drug-likeness (QED) is 0.525. The van der Waals surface area contributed by atoms with E-state index in [1.54, 1.807) is 39.5 Å². The lowest BCUT2D eigenvalue weighted by atomic mass is 10.1. The van der Waals surface area contributed by atoms with Crippen LogP contribution in [-0.2, 0) is 6.42 Å². The van der Waals surface area contributed by atoms with Gasteiger partial charge in [-0.2, -0.15) is 4.37 Å². The molecule has 3 aromatic rings. The van der Waals surface area contributed by atoms with Crippen LogP contribution in [0, 0.1) is 0 Å². The highest BCUT2D eigenvalue weighted by atomic mass is 32.1. The Labute approximate surface area is 197 Å². The van der Waals surface area contributed by atoms with Crippen LogP contribution in [0.4, 0.5) is 5.13 Å². The number of benzene rings is 2. The zero-order chi connectivity index (χ0) is 23.4. The molecule has 0 spiro atoms. The molecule has 2 heterocycles. The van der Waals surface area contributed by atoms with E-state index in [1.165, 1.54) is 11.5 Å². The summed E-state index contributed by atoms with van der Waals surface area (Å²) in [5, 5.41) is 0.884. The van der Waals surface area contributed by atoms with Gasteiger partial charge in [0.2, 0.25) is 5.13 Å². The van der Waals surface area contributed by atoms with Gasteiger partial charge in [-0.1, -0.05) is 12.1 Å². The third-order valence-corrected chi connectivity index (χ3v) is 6.53. The smallest absolute Gasteiger partial charge is 0.254 e. The number of aromatic nitrogens is 2. The number of anilines is 1. The first-order chi connectivity index (χ1) is 16.0. The lowest BCUT2D eigenvalue weighted by molar-refractivity contribution is 0.0673. The third-order valence-electron chi connectivity index (χ3n) is 5.71. The summed E-state index contributed by atoms with van der Waals surface area (Å²) in [4.78, 5) is 22.1. The topological polar surface area (TPSA) is 77.0 Å². The first-order valence-corrected chi connectivity index (χ1v) is 11.5. The number of nitrogens with zero attached hydrogens (tertiary/aromatic N) is 4. The molecule has 1 atom stereocenters. The second kappa shape index (κ2) is 10.1. The van der Waals surface area contributed by atoms with Crippen molar-refractivity contribution >= 4 is 22.6 Å². The number of hydrogen-bond donors (Lipinski definition) is 0. The molecule has 1 fully saturated rings. The van der Waals surface area contributed by atoms with Crippen LogP contribution in [-0.4, -0.2) is 67.2 Å². The molecule has 2 aromatic carbocycles. The van der Waals surface area contributed by atoms with Crippen molar-refractivity contribution in [3.05, 3.63) is 59.4 Å². The Kier molecular flexibility index (Phi) is 6.98. The van der Waals surface area contributed by atoms with Crippen LogP contribution in [0.15, 0.2) is 42.5 Å². The maximum absolute atomic E-state index is 13.2. The standard InChI is InChI=1S/C24H28N4O4S/c1-16-15-27(24-25-22(26-33-24)11-17-6-5-7-19(10-17)30-2)8-9-28(16)23(29)18-12-20(31-3)14-21(13-18)32-4/h5-7,10,12-14,16H,8-9,11,15H2,1-4H3. The molecule has 1 unspecified atom stereocenters. The van der Waals surface area contributed by atoms with Crippen LogP contribution in [0.1, 0.15) is 28.7 Å². The summed E-state index contributed by atoms with van der Waals surface area (Å²) in [7, 11) is 4.82. The van der Waals surface area contributed by atoms with Crippen molar-refractivity contribution < 1.29 is 19.0 Å². The molecular weight excluding hydrogens is 440 g/mol. The summed E-state index contributed by atoms with van der Waals surface area (Å²) < 4.78 is 20.5. The second-order valence-corrected chi connectivity index (χ2v) is 8.65. The average molecular weight is 469 g/mol. The zero-order valence-corrected chi connectivity index (χ0v) is 20.1. The van der Waals surface area contributed by atoms with E-state index in [9.17, 15) is 4.79 Å². The van der Waals surface area contributed by atoms with E-state index in [2.05, 4.69) is 16.2 Å². The minimum Gasteiger partial charge on any atom is -0.497 e. The molecule has 4 rings (SSSR count). The van der Waals surface area contributed by atoms with Crippen molar-refractivity contribution in [1.82, 2.24) is 14.3 Å². The summed E-state index contributed by atoms with van der Waals surface area (Å²) in [6, 6.07) is 13.2. The molecule has 1 aliphatic heterocycles. The molecule has 1 saturated heterocycles. The van der Waals surface area contributed by atoms with Crippen molar-refractivity contribution in [1.29, 1.82) is 0 Å². The molecule has 8 nitrogen and oxygen atoms in total. The van der Waals surface area contributed by atoms with E-state index in [0.717, 1.165) is 22.3 Å². The number of piperazine rings is 1. The van der Waals surface area contributed by atoms with Gasteiger partial charge in [-0.25, -0.2) is 4.98 Å². The zero-order valence-electron chi connectivity index (χ0n) is 19.3. The number of amides is 1. The molecule has 174 valence electrons. The maximum Gasteiger partial charge on any atom is 0.254 e. The van der Waals surface area contributed by atoms with Crippen molar-refractivity contribution in [2.45, 2.75) is 19.4 Å². The van der Waals surface area contributed by atoms with Gasteiger partial charge < -0.3 is 24.0 Å². The SMILES string of the molecule is COc1cccc(Cc2nsc(N3CCN(C(=O)c4cc(OC)cc(OC)c4)C(C)C3)n2)c1. The fourth-order valence-electron chi connectivity index (χ4n) is 3.94.